The molecule has 1 aromatic carbocycles. The molecule has 0 saturated heterocycles. The van der Waals surface area contributed by atoms with Crippen LogP contribution in [0.4, 0.5) is 8.78 Å². The molecule has 1 heterocycles. The van der Waals surface area contributed by atoms with Crippen molar-refractivity contribution in [3.8, 4) is 0 Å². The van der Waals surface area contributed by atoms with Crippen LogP contribution < -0.4 is 10.6 Å². The number of hydrogen-bond acceptors (Lipinski definition) is 4. The number of halogens is 2. The Morgan fingerprint density at radius 1 is 1.19 bits per heavy atom. The van der Waals surface area contributed by atoms with Gasteiger partial charge in [0.15, 0.2) is 0 Å². The molecular formula is C25H28F2N4O. The molecule has 1 aromatic heterocycles. The van der Waals surface area contributed by atoms with E-state index in [0.29, 0.717) is 31.5 Å². The van der Waals surface area contributed by atoms with Crippen LogP contribution in [-0.2, 0) is 13.0 Å². The summed E-state index contributed by atoms with van der Waals surface area (Å²) in [6, 6.07) is 8.12. The topological polar surface area (TPSA) is 66.9 Å². The lowest BCUT2D eigenvalue weighted by Gasteiger charge is -2.20. The van der Waals surface area contributed by atoms with E-state index in [1.54, 1.807) is 6.08 Å². The number of nitrogens with one attached hydrogen (secondary N) is 2. The molecule has 0 fully saturated rings. The zero-order chi connectivity index (χ0) is 22.8. The Balaban J connectivity index is 1.62. The quantitative estimate of drug-likeness (QED) is 0.526. The van der Waals surface area contributed by atoms with E-state index in [2.05, 4.69) is 45.7 Å². The smallest absolute Gasteiger partial charge is 0.271 e. The van der Waals surface area contributed by atoms with Crippen LogP contribution in [0.5, 0.6) is 0 Å². The molecule has 168 valence electrons. The summed E-state index contributed by atoms with van der Waals surface area (Å²) in [4.78, 5) is 20.6. The summed E-state index contributed by atoms with van der Waals surface area (Å²) in [5.41, 5.74) is 3.34. The second kappa shape index (κ2) is 12.0. The third kappa shape index (κ3) is 7.50. The number of carbonyl (C=O) groups excluding carboxylic acids is 1. The molecule has 0 saturated carbocycles. The third-order valence-corrected chi connectivity index (χ3v) is 5.19. The zero-order valence-electron chi connectivity index (χ0n) is 18.2. The molecule has 0 unspecified atom stereocenters. The number of hydrogen-bond donors (Lipinski definition) is 2. The second-order valence-corrected chi connectivity index (χ2v) is 7.71. The van der Waals surface area contributed by atoms with E-state index < -0.39 is 11.7 Å². The van der Waals surface area contributed by atoms with Gasteiger partial charge < -0.3 is 10.6 Å². The van der Waals surface area contributed by atoms with Crippen molar-refractivity contribution in [2.75, 3.05) is 6.54 Å². The lowest BCUT2D eigenvalue weighted by molar-refractivity contribution is 0.0929. The molecule has 1 aliphatic rings. The van der Waals surface area contributed by atoms with E-state index in [0.717, 1.165) is 12.5 Å². The average Bonchev–Trinajstić information content (AvgIpc) is 2.96. The van der Waals surface area contributed by atoms with E-state index in [1.807, 2.05) is 6.07 Å². The van der Waals surface area contributed by atoms with Crippen LogP contribution in [0, 0.1) is 0 Å². The van der Waals surface area contributed by atoms with Gasteiger partial charge in [0.25, 0.3) is 5.91 Å². The van der Waals surface area contributed by atoms with E-state index in [-0.39, 0.29) is 24.1 Å². The highest BCUT2D eigenvalue weighted by atomic mass is 19.1. The maximum Gasteiger partial charge on any atom is 0.271 e. The molecule has 5 nitrogen and oxygen atoms in total. The molecule has 2 N–H and O–H groups in total. The highest BCUT2D eigenvalue weighted by Crippen LogP contribution is 2.22. The Kier molecular flexibility index (Phi) is 8.80. The standard InChI is InChI=1S/C25H28F2N4O/c1-2-18-4-3-5-20(12-18)16-28-9-8-23(31-25(32)24-17-29-10-11-30-24)14-19-6-7-21(26)15-22(27)13-19/h3-6,10-13,15,17,23,28H,2,7-9,14,16H2,1H3,(H,31,32)/t23-/m1/s1. The minimum absolute atomic E-state index is 0.0378. The van der Waals surface area contributed by atoms with Gasteiger partial charge in [-0.2, -0.15) is 0 Å². The average molecular weight is 439 g/mol. The van der Waals surface area contributed by atoms with Gasteiger partial charge in [-0.05, 0) is 48.6 Å². The number of benzene rings is 1. The summed E-state index contributed by atoms with van der Waals surface area (Å²) >= 11 is 0. The zero-order valence-corrected chi connectivity index (χ0v) is 18.2. The number of carbonyl (C=O) groups is 1. The molecule has 3 rings (SSSR count). The van der Waals surface area contributed by atoms with Gasteiger partial charge in [0.05, 0.1) is 6.20 Å². The predicted molar refractivity (Wildman–Crippen MR) is 121 cm³/mol. The molecular weight excluding hydrogens is 410 g/mol. The van der Waals surface area contributed by atoms with E-state index in [1.165, 1.54) is 35.8 Å². The van der Waals surface area contributed by atoms with Gasteiger partial charge in [0.2, 0.25) is 0 Å². The summed E-state index contributed by atoms with van der Waals surface area (Å²) < 4.78 is 27.4. The number of amides is 1. The number of aromatic nitrogens is 2. The van der Waals surface area contributed by atoms with Crippen LogP contribution in [0.2, 0.25) is 0 Å². The Bertz CT molecular complexity index is 1000. The normalized spacial score (nSPS) is 14.7. The summed E-state index contributed by atoms with van der Waals surface area (Å²) in [6.07, 6.45) is 10.2. The van der Waals surface area contributed by atoms with Gasteiger partial charge in [-0.3, -0.25) is 9.78 Å². The highest BCUT2D eigenvalue weighted by molar-refractivity contribution is 5.92. The number of aryl methyl sites for hydroxylation is 1. The molecule has 1 atom stereocenters. The van der Waals surface area contributed by atoms with Gasteiger partial charge in [-0.25, -0.2) is 13.8 Å². The maximum absolute atomic E-state index is 13.9. The first-order chi connectivity index (χ1) is 15.5. The van der Waals surface area contributed by atoms with Crippen LogP contribution in [0.3, 0.4) is 0 Å². The van der Waals surface area contributed by atoms with Crippen molar-refractivity contribution in [2.24, 2.45) is 0 Å². The SMILES string of the molecule is CCc1cccc(CNCC[C@H](CC2=CCC(F)=CC(F)=C2)NC(=O)c2cnccn2)c1. The molecule has 32 heavy (non-hydrogen) atoms. The highest BCUT2D eigenvalue weighted by Gasteiger charge is 2.17. The Labute approximate surface area is 187 Å². The first-order valence-electron chi connectivity index (χ1n) is 10.8. The first-order valence-corrected chi connectivity index (χ1v) is 10.8. The molecule has 0 radical (unpaired) electrons. The minimum Gasteiger partial charge on any atom is -0.348 e. The molecule has 0 bridgehead atoms. The Morgan fingerprint density at radius 2 is 2.03 bits per heavy atom. The molecule has 1 aliphatic carbocycles. The van der Waals surface area contributed by atoms with Crippen LogP contribution in [0.25, 0.3) is 0 Å². The van der Waals surface area contributed by atoms with Gasteiger partial charge in [0.1, 0.15) is 17.3 Å². The van der Waals surface area contributed by atoms with Crippen molar-refractivity contribution in [2.45, 2.75) is 45.2 Å². The fourth-order valence-corrected chi connectivity index (χ4v) is 3.51. The molecule has 1 amide bonds. The van der Waals surface area contributed by atoms with Crippen molar-refractivity contribution in [3.63, 3.8) is 0 Å². The monoisotopic (exact) mass is 438 g/mol. The summed E-state index contributed by atoms with van der Waals surface area (Å²) in [6.45, 7) is 3.48. The van der Waals surface area contributed by atoms with E-state index in [9.17, 15) is 13.6 Å². The van der Waals surface area contributed by atoms with Gasteiger partial charge >= 0.3 is 0 Å². The van der Waals surface area contributed by atoms with Crippen molar-refractivity contribution < 1.29 is 13.6 Å². The summed E-state index contributed by atoms with van der Waals surface area (Å²) in [7, 11) is 0. The number of rotatable bonds is 10. The van der Waals surface area contributed by atoms with Crippen molar-refractivity contribution >= 4 is 5.91 Å². The fourth-order valence-electron chi connectivity index (χ4n) is 3.51. The Hall–Kier alpha value is -3.19. The fraction of sp³-hybridized carbons (Fsp3) is 0.320. The van der Waals surface area contributed by atoms with Crippen molar-refractivity contribution in [1.82, 2.24) is 20.6 Å². The predicted octanol–water partition coefficient (Wildman–Crippen LogP) is 4.74. The van der Waals surface area contributed by atoms with Gasteiger partial charge in [0, 0.05) is 37.5 Å². The second-order valence-electron chi connectivity index (χ2n) is 7.71. The van der Waals surface area contributed by atoms with Crippen molar-refractivity contribution in [3.05, 3.63) is 95.1 Å². The third-order valence-electron chi connectivity index (χ3n) is 5.19. The van der Waals surface area contributed by atoms with Crippen LogP contribution >= 0.6 is 0 Å². The van der Waals surface area contributed by atoms with Crippen LogP contribution in [0.1, 0.15) is 47.8 Å². The lowest BCUT2D eigenvalue weighted by Crippen LogP contribution is -2.37. The number of nitrogens with zero attached hydrogens (tertiary/aromatic N) is 2. The molecule has 7 heteroatoms. The van der Waals surface area contributed by atoms with Crippen LogP contribution in [0.15, 0.2) is 78.3 Å². The lowest BCUT2D eigenvalue weighted by atomic mass is 10.0. The molecule has 2 aromatic rings. The summed E-state index contributed by atoms with van der Waals surface area (Å²) in [5.74, 6) is -1.49. The van der Waals surface area contributed by atoms with E-state index >= 15 is 0 Å². The largest absolute Gasteiger partial charge is 0.348 e. The van der Waals surface area contributed by atoms with E-state index in [4.69, 9.17) is 0 Å². The Morgan fingerprint density at radius 3 is 2.81 bits per heavy atom. The molecule has 0 spiro atoms. The summed E-state index contributed by atoms with van der Waals surface area (Å²) in [5, 5.41) is 6.36. The van der Waals surface area contributed by atoms with Gasteiger partial charge in [-0.15, -0.1) is 0 Å². The maximum atomic E-state index is 13.9. The van der Waals surface area contributed by atoms with Crippen LogP contribution in [-0.4, -0.2) is 28.5 Å². The minimum atomic E-state index is -0.626. The van der Waals surface area contributed by atoms with Crippen molar-refractivity contribution in [1.29, 1.82) is 0 Å². The molecule has 0 aliphatic heterocycles. The number of allylic oxidation sites excluding steroid dienone is 5. The first kappa shape index (κ1) is 23.5. The van der Waals surface area contributed by atoms with Gasteiger partial charge in [-0.1, -0.05) is 37.3 Å².